The molecule has 0 bridgehead atoms. The lowest BCUT2D eigenvalue weighted by atomic mass is 10.1. The van der Waals surface area contributed by atoms with Gasteiger partial charge in [-0.3, -0.25) is 0 Å². The first-order valence-electron chi connectivity index (χ1n) is 6.43. The number of carboxylic acids is 1. The quantitative estimate of drug-likeness (QED) is 0.913. The molecule has 0 aliphatic carbocycles. The van der Waals surface area contributed by atoms with Crippen LogP contribution in [0.3, 0.4) is 0 Å². The third-order valence-electron chi connectivity index (χ3n) is 2.96. The van der Waals surface area contributed by atoms with Crippen LogP contribution >= 0.6 is 11.3 Å². The van der Waals surface area contributed by atoms with Crippen molar-refractivity contribution in [2.45, 2.75) is 19.8 Å². The highest BCUT2D eigenvalue weighted by Crippen LogP contribution is 2.35. The average Bonchev–Trinajstić information content (AvgIpc) is 2.92. The van der Waals surface area contributed by atoms with Gasteiger partial charge in [-0.2, -0.15) is 0 Å². The molecule has 1 heterocycles. The van der Waals surface area contributed by atoms with Crippen molar-refractivity contribution in [2.75, 3.05) is 14.2 Å². The SMILES string of the molecule is COc1cc(OC)cc(-c2nc(C(C)C)sc2C(=O)O)c1. The molecule has 1 N–H and O–H groups in total. The van der Waals surface area contributed by atoms with Gasteiger partial charge in [0.05, 0.1) is 24.9 Å². The summed E-state index contributed by atoms with van der Waals surface area (Å²) in [7, 11) is 3.11. The maximum absolute atomic E-state index is 11.4. The lowest BCUT2D eigenvalue weighted by Crippen LogP contribution is -1.96. The second-order valence-corrected chi connectivity index (χ2v) is 5.82. The summed E-state index contributed by atoms with van der Waals surface area (Å²) in [5.41, 5.74) is 1.13. The van der Waals surface area contributed by atoms with Crippen LogP contribution in [0.1, 0.15) is 34.4 Å². The number of nitrogens with zero attached hydrogens (tertiary/aromatic N) is 1. The summed E-state index contributed by atoms with van der Waals surface area (Å²) < 4.78 is 10.4. The normalized spacial score (nSPS) is 10.7. The predicted molar refractivity (Wildman–Crippen MR) is 81.7 cm³/mol. The highest BCUT2D eigenvalue weighted by molar-refractivity contribution is 7.14. The molecule has 5 nitrogen and oxygen atoms in total. The Balaban J connectivity index is 2.62. The third-order valence-corrected chi connectivity index (χ3v) is 4.30. The molecule has 0 amide bonds. The molecule has 0 spiro atoms. The van der Waals surface area contributed by atoms with Crippen molar-refractivity contribution in [3.05, 3.63) is 28.1 Å². The van der Waals surface area contributed by atoms with Crippen molar-refractivity contribution < 1.29 is 19.4 Å². The highest BCUT2D eigenvalue weighted by atomic mass is 32.1. The molecule has 0 saturated heterocycles. The van der Waals surface area contributed by atoms with Crippen LogP contribution in [0.5, 0.6) is 11.5 Å². The maximum atomic E-state index is 11.4. The molecule has 2 aromatic rings. The van der Waals surface area contributed by atoms with Gasteiger partial charge in [0.25, 0.3) is 0 Å². The minimum atomic E-state index is -0.976. The van der Waals surface area contributed by atoms with Crippen LogP contribution in [0.25, 0.3) is 11.3 Å². The first-order valence-corrected chi connectivity index (χ1v) is 7.25. The Bertz CT molecular complexity index is 641. The molecule has 0 unspecified atom stereocenters. The van der Waals surface area contributed by atoms with Gasteiger partial charge in [-0.15, -0.1) is 11.3 Å². The molecule has 6 heteroatoms. The second-order valence-electron chi connectivity index (χ2n) is 4.79. The van der Waals surface area contributed by atoms with Gasteiger partial charge in [0, 0.05) is 17.5 Å². The van der Waals surface area contributed by atoms with Crippen molar-refractivity contribution >= 4 is 17.3 Å². The molecule has 0 aliphatic rings. The van der Waals surface area contributed by atoms with E-state index in [1.807, 2.05) is 13.8 Å². The monoisotopic (exact) mass is 307 g/mol. The fourth-order valence-electron chi connectivity index (χ4n) is 1.87. The Morgan fingerprint density at radius 2 is 1.76 bits per heavy atom. The van der Waals surface area contributed by atoms with Crippen molar-refractivity contribution in [3.8, 4) is 22.8 Å². The van der Waals surface area contributed by atoms with Gasteiger partial charge < -0.3 is 14.6 Å². The topological polar surface area (TPSA) is 68.7 Å². The number of ether oxygens (including phenoxy) is 2. The molecular weight excluding hydrogens is 290 g/mol. The van der Waals surface area contributed by atoms with Crippen molar-refractivity contribution in [1.29, 1.82) is 0 Å². The van der Waals surface area contributed by atoms with E-state index in [1.165, 1.54) is 11.3 Å². The van der Waals surface area contributed by atoms with Gasteiger partial charge in [-0.1, -0.05) is 13.8 Å². The van der Waals surface area contributed by atoms with Crippen LogP contribution in [-0.2, 0) is 0 Å². The standard InChI is InChI=1S/C15H17NO4S/c1-8(2)14-16-12(13(21-14)15(17)18)9-5-10(19-3)7-11(6-9)20-4/h5-8H,1-4H3,(H,17,18). The minimum Gasteiger partial charge on any atom is -0.497 e. The number of carboxylic acid groups (broad SMARTS) is 1. The molecular formula is C15H17NO4S. The van der Waals surface area contributed by atoms with E-state index >= 15 is 0 Å². The van der Waals surface area contributed by atoms with Crippen LogP contribution in [0.4, 0.5) is 0 Å². The van der Waals surface area contributed by atoms with Crippen LogP contribution < -0.4 is 9.47 Å². The summed E-state index contributed by atoms with van der Waals surface area (Å²) >= 11 is 1.21. The fraction of sp³-hybridized carbons (Fsp3) is 0.333. The van der Waals surface area contributed by atoms with Gasteiger partial charge in [0.2, 0.25) is 0 Å². The van der Waals surface area contributed by atoms with E-state index in [4.69, 9.17) is 9.47 Å². The summed E-state index contributed by atoms with van der Waals surface area (Å²) in [6, 6.07) is 5.25. The van der Waals surface area contributed by atoms with E-state index in [0.29, 0.717) is 22.8 Å². The van der Waals surface area contributed by atoms with E-state index in [0.717, 1.165) is 5.01 Å². The smallest absolute Gasteiger partial charge is 0.348 e. The molecule has 2 rings (SSSR count). The zero-order valence-electron chi connectivity index (χ0n) is 12.3. The van der Waals surface area contributed by atoms with Gasteiger partial charge in [0.15, 0.2) is 0 Å². The number of carbonyl (C=O) groups is 1. The largest absolute Gasteiger partial charge is 0.497 e. The Morgan fingerprint density at radius 1 is 1.19 bits per heavy atom. The first kappa shape index (κ1) is 15.3. The number of hydrogen-bond acceptors (Lipinski definition) is 5. The molecule has 112 valence electrons. The average molecular weight is 307 g/mol. The van der Waals surface area contributed by atoms with Gasteiger partial charge in [0.1, 0.15) is 16.4 Å². The first-order chi connectivity index (χ1) is 9.96. The zero-order chi connectivity index (χ0) is 15.6. The number of benzene rings is 1. The number of aromatic carboxylic acids is 1. The predicted octanol–water partition coefficient (Wildman–Crippen LogP) is 3.65. The summed E-state index contributed by atoms with van der Waals surface area (Å²) in [5, 5.41) is 10.2. The van der Waals surface area contributed by atoms with E-state index in [-0.39, 0.29) is 10.8 Å². The number of rotatable bonds is 5. The molecule has 0 atom stereocenters. The van der Waals surface area contributed by atoms with Gasteiger partial charge in [-0.25, -0.2) is 9.78 Å². The second kappa shape index (κ2) is 6.13. The Morgan fingerprint density at radius 3 is 2.19 bits per heavy atom. The van der Waals surface area contributed by atoms with Gasteiger partial charge >= 0.3 is 5.97 Å². The van der Waals surface area contributed by atoms with E-state index in [1.54, 1.807) is 32.4 Å². The molecule has 0 radical (unpaired) electrons. The number of thiazole rings is 1. The maximum Gasteiger partial charge on any atom is 0.348 e. The number of hydrogen-bond donors (Lipinski definition) is 1. The Kier molecular flexibility index (Phi) is 4.47. The van der Waals surface area contributed by atoms with Crippen LogP contribution in [-0.4, -0.2) is 30.3 Å². The number of methoxy groups -OCH3 is 2. The van der Waals surface area contributed by atoms with Crippen LogP contribution in [0, 0.1) is 0 Å². The Labute approximate surface area is 127 Å². The van der Waals surface area contributed by atoms with E-state index in [2.05, 4.69) is 4.98 Å². The Hall–Kier alpha value is -2.08. The van der Waals surface area contributed by atoms with Crippen LogP contribution in [0.2, 0.25) is 0 Å². The zero-order valence-corrected chi connectivity index (χ0v) is 13.2. The molecule has 1 aromatic heterocycles. The molecule has 0 saturated carbocycles. The summed E-state index contributed by atoms with van der Waals surface area (Å²) in [6.07, 6.45) is 0. The minimum absolute atomic E-state index is 0.175. The lowest BCUT2D eigenvalue weighted by Gasteiger charge is -2.07. The summed E-state index contributed by atoms with van der Waals surface area (Å²) in [5.74, 6) is 0.394. The fourth-order valence-corrected chi connectivity index (χ4v) is 2.80. The lowest BCUT2D eigenvalue weighted by molar-refractivity contribution is 0.0702. The number of aromatic nitrogens is 1. The molecule has 0 fully saturated rings. The summed E-state index contributed by atoms with van der Waals surface area (Å²) in [4.78, 5) is 16.2. The molecule has 0 aliphatic heterocycles. The van der Waals surface area contributed by atoms with Crippen molar-refractivity contribution in [1.82, 2.24) is 4.98 Å². The molecule has 21 heavy (non-hydrogen) atoms. The van der Waals surface area contributed by atoms with Crippen molar-refractivity contribution in [3.63, 3.8) is 0 Å². The van der Waals surface area contributed by atoms with Crippen LogP contribution in [0.15, 0.2) is 18.2 Å². The van der Waals surface area contributed by atoms with E-state index in [9.17, 15) is 9.90 Å². The van der Waals surface area contributed by atoms with E-state index < -0.39 is 5.97 Å². The highest BCUT2D eigenvalue weighted by Gasteiger charge is 2.21. The molecule has 1 aromatic carbocycles. The third kappa shape index (κ3) is 3.16. The summed E-state index contributed by atoms with van der Waals surface area (Å²) in [6.45, 7) is 3.97. The van der Waals surface area contributed by atoms with Gasteiger partial charge in [-0.05, 0) is 12.1 Å². The van der Waals surface area contributed by atoms with Crippen molar-refractivity contribution in [2.24, 2.45) is 0 Å².